The Kier molecular flexibility index (Phi) is 10.8. The molecule has 0 heterocycles. The molecule has 1 unspecified atom stereocenters. The van der Waals surface area contributed by atoms with E-state index < -0.39 is 34.3 Å². The molecular formula is C24H30Cl2FN3O4S. The Morgan fingerprint density at radius 2 is 1.80 bits per heavy atom. The molecule has 11 heteroatoms. The lowest BCUT2D eigenvalue weighted by atomic mass is 10.1. The number of nitrogens with one attached hydrogen (secondary N) is 1. The second-order valence-electron chi connectivity index (χ2n) is 8.09. The third-order valence-electron chi connectivity index (χ3n) is 5.33. The molecular weight excluding hydrogens is 516 g/mol. The first-order valence-corrected chi connectivity index (χ1v) is 13.8. The first-order chi connectivity index (χ1) is 16.5. The molecule has 2 amide bonds. The molecule has 2 rings (SSSR count). The topological polar surface area (TPSA) is 86.8 Å². The van der Waals surface area contributed by atoms with Crippen LogP contribution in [-0.2, 0) is 26.2 Å². The lowest BCUT2D eigenvalue weighted by Crippen LogP contribution is -2.52. The summed E-state index contributed by atoms with van der Waals surface area (Å²) in [5, 5.41) is 3.46. The minimum absolute atomic E-state index is 0.00379. The monoisotopic (exact) mass is 545 g/mol. The molecule has 0 saturated heterocycles. The van der Waals surface area contributed by atoms with Gasteiger partial charge in [0.25, 0.3) is 0 Å². The van der Waals surface area contributed by atoms with Crippen LogP contribution in [0.4, 0.5) is 10.1 Å². The Hall–Kier alpha value is -2.36. The average Bonchev–Trinajstić information content (AvgIpc) is 2.79. The van der Waals surface area contributed by atoms with Crippen LogP contribution in [-0.4, -0.2) is 50.5 Å². The molecule has 0 aliphatic heterocycles. The van der Waals surface area contributed by atoms with E-state index in [9.17, 15) is 22.4 Å². The van der Waals surface area contributed by atoms with Crippen molar-refractivity contribution < 1.29 is 22.4 Å². The van der Waals surface area contributed by atoms with Crippen molar-refractivity contribution >= 4 is 50.7 Å². The normalized spacial score (nSPS) is 12.2. The van der Waals surface area contributed by atoms with Crippen molar-refractivity contribution in [2.24, 2.45) is 0 Å². The molecule has 0 radical (unpaired) electrons. The summed E-state index contributed by atoms with van der Waals surface area (Å²) >= 11 is 12.1. The van der Waals surface area contributed by atoms with Crippen LogP contribution < -0.4 is 9.62 Å². The number of unbranched alkanes of at least 4 members (excludes halogenated alkanes) is 1. The van der Waals surface area contributed by atoms with E-state index in [0.717, 1.165) is 29.5 Å². The molecule has 0 aliphatic carbocycles. The Morgan fingerprint density at radius 3 is 2.37 bits per heavy atom. The van der Waals surface area contributed by atoms with E-state index in [2.05, 4.69) is 5.32 Å². The lowest BCUT2D eigenvalue weighted by molar-refractivity contribution is -0.140. The molecule has 7 nitrogen and oxygen atoms in total. The number of rotatable bonds is 12. The van der Waals surface area contributed by atoms with E-state index in [-0.39, 0.29) is 23.2 Å². The fourth-order valence-electron chi connectivity index (χ4n) is 3.51. The standard InChI is InChI=1S/C24H30Cl2FN3O4S/c1-4-6-12-28-24(32)22(5-2)29(15-17-10-11-20(25)21(26)13-17)23(31)16-30(35(3,33)34)19-9-7-8-18(27)14-19/h7-11,13-14,22H,4-6,12,15-16H2,1-3H3,(H,28,32). The molecule has 0 spiro atoms. The van der Waals surface area contributed by atoms with Crippen LogP contribution >= 0.6 is 23.2 Å². The highest BCUT2D eigenvalue weighted by Gasteiger charge is 2.31. The number of halogens is 3. The molecule has 1 N–H and O–H groups in total. The minimum atomic E-state index is -3.94. The van der Waals surface area contributed by atoms with Crippen molar-refractivity contribution in [2.45, 2.75) is 45.7 Å². The second kappa shape index (κ2) is 13.1. The van der Waals surface area contributed by atoms with Crippen LogP contribution in [0.15, 0.2) is 42.5 Å². The third-order valence-corrected chi connectivity index (χ3v) is 7.21. The quantitative estimate of drug-likeness (QED) is 0.394. The zero-order valence-corrected chi connectivity index (χ0v) is 22.3. The zero-order valence-electron chi connectivity index (χ0n) is 19.9. The number of anilines is 1. The van der Waals surface area contributed by atoms with Crippen molar-refractivity contribution in [1.82, 2.24) is 10.2 Å². The van der Waals surface area contributed by atoms with Gasteiger partial charge in [-0.25, -0.2) is 12.8 Å². The predicted octanol–water partition coefficient (Wildman–Crippen LogP) is 4.62. The number of carbonyl (C=O) groups is 2. The number of nitrogens with zero attached hydrogens (tertiary/aromatic N) is 2. The molecule has 0 bridgehead atoms. The molecule has 0 saturated carbocycles. The SMILES string of the molecule is CCCCNC(=O)C(CC)N(Cc1ccc(Cl)c(Cl)c1)C(=O)CN(c1cccc(F)c1)S(C)(=O)=O. The average molecular weight is 546 g/mol. The number of sulfonamides is 1. The van der Waals surface area contributed by atoms with Crippen molar-refractivity contribution in [3.63, 3.8) is 0 Å². The van der Waals surface area contributed by atoms with E-state index in [1.54, 1.807) is 25.1 Å². The van der Waals surface area contributed by atoms with Crippen LogP contribution in [0.5, 0.6) is 0 Å². The molecule has 1 atom stereocenters. The molecule has 0 aliphatic rings. The lowest BCUT2D eigenvalue weighted by Gasteiger charge is -2.33. The van der Waals surface area contributed by atoms with E-state index in [4.69, 9.17) is 23.2 Å². The van der Waals surface area contributed by atoms with Gasteiger partial charge in [0.1, 0.15) is 18.4 Å². The Morgan fingerprint density at radius 1 is 1.09 bits per heavy atom. The summed E-state index contributed by atoms with van der Waals surface area (Å²) in [6, 6.07) is 8.96. The van der Waals surface area contributed by atoms with Crippen LogP contribution in [0.2, 0.25) is 10.0 Å². The van der Waals surface area contributed by atoms with Gasteiger partial charge in [0.05, 0.1) is 22.0 Å². The summed E-state index contributed by atoms with van der Waals surface area (Å²) in [6.45, 7) is 3.60. The van der Waals surface area contributed by atoms with Crippen LogP contribution in [0, 0.1) is 5.82 Å². The molecule has 2 aromatic rings. The van der Waals surface area contributed by atoms with E-state index in [1.165, 1.54) is 23.1 Å². The van der Waals surface area contributed by atoms with Gasteiger partial charge >= 0.3 is 0 Å². The zero-order chi connectivity index (χ0) is 26.2. The van der Waals surface area contributed by atoms with Crippen molar-refractivity contribution in [3.8, 4) is 0 Å². The van der Waals surface area contributed by atoms with Crippen LogP contribution in [0.1, 0.15) is 38.7 Å². The maximum Gasteiger partial charge on any atom is 0.244 e. The number of hydrogen-bond acceptors (Lipinski definition) is 4. The predicted molar refractivity (Wildman–Crippen MR) is 138 cm³/mol. The molecule has 2 aromatic carbocycles. The van der Waals surface area contributed by atoms with Gasteiger partial charge < -0.3 is 10.2 Å². The minimum Gasteiger partial charge on any atom is -0.354 e. The summed E-state index contributed by atoms with van der Waals surface area (Å²) in [7, 11) is -3.94. The van der Waals surface area contributed by atoms with Gasteiger partial charge in [-0.05, 0) is 48.7 Å². The summed E-state index contributed by atoms with van der Waals surface area (Å²) in [6.07, 6.45) is 2.90. The summed E-state index contributed by atoms with van der Waals surface area (Å²) in [4.78, 5) is 27.8. The van der Waals surface area contributed by atoms with Gasteiger partial charge in [0.2, 0.25) is 21.8 Å². The largest absolute Gasteiger partial charge is 0.354 e. The van der Waals surface area contributed by atoms with Gasteiger partial charge in [0, 0.05) is 13.1 Å². The molecule has 0 fully saturated rings. The Balaban J connectivity index is 2.42. The number of carbonyl (C=O) groups excluding carboxylic acids is 2. The molecule has 0 aromatic heterocycles. The maximum atomic E-state index is 13.8. The first kappa shape index (κ1) is 28.9. The summed E-state index contributed by atoms with van der Waals surface area (Å²) in [5.41, 5.74) is 0.625. The van der Waals surface area contributed by atoms with Gasteiger partial charge in [-0.2, -0.15) is 0 Å². The first-order valence-electron chi connectivity index (χ1n) is 11.2. The highest BCUT2D eigenvalue weighted by atomic mass is 35.5. The Labute approximate surface area is 216 Å². The van der Waals surface area contributed by atoms with E-state index in [1.807, 2.05) is 6.92 Å². The fourth-order valence-corrected chi connectivity index (χ4v) is 4.67. The van der Waals surface area contributed by atoms with Gasteiger partial charge in [-0.3, -0.25) is 13.9 Å². The summed E-state index contributed by atoms with van der Waals surface area (Å²) in [5.74, 6) is -1.60. The maximum absolute atomic E-state index is 13.8. The highest BCUT2D eigenvalue weighted by Crippen LogP contribution is 2.25. The second-order valence-corrected chi connectivity index (χ2v) is 10.8. The third kappa shape index (κ3) is 8.37. The van der Waals surface area contributed by atoms with Crippen molar-refractivity contribution in [2.75, 3.05) is 23.7 Å². The Bertz CT molecular complexity index is 1150. The highest BCUT2D eigenvalue weighted by molar-refractivity contribution is 7.92. The van der Waals surface area contributed by atoms with Gasteiger partial charge in [-0.1, -0.05) is 55.6 Å². The smallest absolute Gasteiger partial charge is 0.244 e. The van der Waals surface area contributed by atoms with Crippen molar-refractivity contribution in [3.05, 3.63) is 63.9 Å². The fraction of sp³-hybridized carbons (Fsp3) is 0.417. The van der Waals surface area contributed by atoms with Gasteiger partial charge in [0.15, 0.2) is 0 Å². The van der Waals surface area contributed by atoms with Gasteiger partial charge in [-0.15, -0.1) is 0 Å². The van der Waals surface area contributed by atoms with E-state index >= 15 is 0 Å². The van der Waals surface area contributed by atoms with Crippen molar-refractivity contribution in [1.29, 1.82) is 0 Å². The van der Waals surface area contributed by atoms with Crippen LogP contribution in [0.3, 0.4) is 0 Å². The molecule has 35 heavy (non-hydrogen) atoms. The number of benzene rings is 2. The summed E-state index contributed by atoms with van der Waals surface area (Å²) < 4.78 is 39.7. The number of amides is 2. The van der Waals surface area contributed by atoms with E-state index in [0.29, 0.717) is 23.6 Å². The number of hydrogen-bond donors (Lipinski definition) is 1. The van der Waals surface area contributed by atoms with Crippen LogP contribution in [0.25, 0.3) is 0 Å². The molecule has 192 valence electrons.